The number of carboxylic acid groups (broad SMARTS) is 1. The van der Waals surface area contributed by atoms with Crippen molar-refractivity contribution < 1.29 is 19.4 Å². The lowest BCUT2D eigenvalue weighted by molar-refractivity contribution is -0.138. The second kappa shape index (κ2) is 5.62. The number of carbonyl (C=O) groups excluding carboxylic acids is 1. The Balaban J connectivity index is 1.92. The fourth-order valence-corrected chi connectivity index (χ4v) is 2.97. The highest BCUT2D eigenvalue weighted by atomic mass is 16.6. The van der Waals surface area contributed by atoms with Crippen LogP contribution in [-0.4, -0.2) is 40.3 Å². The fourth-order valence-electron chi connectivity index (χ4n) is 2.97. The van der Waals surface area contributed by atoms with E-state index in [9.17, 15) is 9.59 Å². The number of ether oxygens (including phenoxy) is 1. The van der Waals surface area contributed by atoms with Crippen molar-refractivity contribution in [2.24, 2.45) is 11.8 Å². The minimum absolute atomic E-state index is 0.146. The molecule has 114 valence electrons. The summed E-state index contributed by atoms with van der Waals surface area (Å²) < 4.78 is 5.45. The van der Waals surface area contributed by atoms with E-state index in [2.05, 4.69) is 0 Å². The Morgan fingerprint density at radius 3 is 2.55 bits per heavy atom. The van der Waals surface area contributed by atoms with E-state index in [0.717, 1.165) is 38.6 Å². The van der Waals surface area contributed by atoms with Crippen LogP contribution in [0.5, 0.6) is 0 Å². The van der Waals surface area contributed by atoms with Crippen LogP contribution in [0.3, 0.4) is 0 Å². The molecule has 1 aliphatic carbocycles. The van der Waals surface area contributed by atoms with Gasteiger partial charge < -0.3 is 14.7 Å². The zero-order valence-electron chi connectivity index (χ0n) is 12.6. The molecule has 2 fully saturated rings. The van der Waals surface area contributed by atoms with Crippen LogP contribution >= 0.6 is 0 Å². The normalized spacial score (nSPS) is 29.9. The predicted octanol–water partition coefficient (Wildman–Crippen LogP) is 2.89. The van der Waals surface area contributed by atoms with Crippen molar-refractivity contribution >= 4 is 12.1 Å². The molecule has 0 radical (unpaired) electrons. The number of hydrogen-bond acceptors (Lipinski definition) is 3. The number of amides is 1. The van der Waals surface area contributed by atoms with Gasteiger partial charge in [0.05, 0.1) is 5.92 Å². The smallest absolute Gasteiger partial charge is 0.410 e. The van der Waals surface area contributed by atoms with Crippen molar-refractivity contribution in [3.05, 3.63) is 0 Å². The third-order valence-corrected chi connectivity index (χ3v) is 4.07. The molecular weight excluding hydrogens is 258 g/mol. The van der Waals surface area contributed by atoms with E-state index in [4.69, 9.17) is 9.84 Å². The van der Waals surface area contributed by atoms with E-state index < -0.39 is 11.6 Å². The zero-order valence-corrected chi connectivity index (χ0v) is 12.6. The number of nitrogens with zero attached hydrogens (tertiary/aromatic N) is 1. The molecule has 2 rings (SSSR count). The van der Waals surface area contributed by atoms with E-state index in [1.807, 2.05) is 25.7 Å². The number of hydrogen-bond donors (Lipinski definition) is 1. The highest BCUT2D eigenvalue weighted by Gasteiger charge is 2.45. The van der Waals surface area contributed by atoms with Gasteiger partial charge in [0.2, 0.25) is 0 Å². The van der Waals surface area contributed by atoms with E-state index in [1.165, 1.54) is 0 Å². The standard InChI is InChI=1S/C15H25NO4/c1-15(2,3)20-14(19)16-7-5-4-6-11(16)8-10-9-12(10)13(17)18/h10-12H,4-9H2,1-3H3,(H,17,18). The molecule has 0 bridgehead atoms. The number of carboxylic acids is 1. The van der Waals surface area contributed by atoms with Gasteiger partial charge in [-0.15, -0.1) is 0 Å². The lowest BCUT2D eigenvalue weighted by Crippen LogP contribution is -2.46. The summed E-state index contributed by atoms with van der Waals surface area (Å²) in [6.45, 7) is 6.33. The first-order chi connectivity index (χ1) is 9.28. The molecule has 1 aliphatic heterocycles. The van der Waals surface area contributed by atoms with Crippen molar-refractivity contribution in [3.8, 4) is 0 Å². The van der Waals surface area contributed by atoms with Gasteiger partial charge >= 0.3 is 12.1 Å². The first-order valence-corrected chi connectivity index (χ1v) is 7.50. The summed E-state index contributed by atoms with van der Waals surface area (Å²) in [4.78, 5) is 25.0. The number of likely N-dealkylation sites (tertiary alicyclic amines) is 1. The van der Waals surface area contributed by atoms with Crippen LogP contribution < -0.4 is 0 Å². The maximum Gasteiger partial charge on any atom is 0.410 e. The Labute approximate surface area is 120 Å². The molecule has 0 spiro atoms. The largest absolute Gasteiger partial charge is 0.481 e. The monoisotopic (exact) mass is 283 g/mol. The van der Waals surface area contributed by atoms with Crippen molar-refractivity contribution in [2.45, 2.75) is 64.5 Å². The third-order valence-electron chi connectivity index (χ3n) is 4.07. The summed E-state index contributed by atoms with van der Waals surface area (Å²) in [5.41, 5.74) is -0.484. The summed E-state index contributed by atoms with van der Waals surface area (Å²) in [5, 5.41) is 8.98. The highest BCUT2D eigenvalue weighted by Crippen LogP contribution is 2.44. The topological polar surface area (TPSA) is 66.8 Å². The lowest BCUT2D eigenvalue weighted by atomic mass is 9.97. The molecule has 1 saturated heterocycles. The predicted molar refractivity (Wildman–Crippen MR) is 74.4 cm³/mol. The van der Waals surface area contributed by atoms with Gasteiger partial charge in [-0.2, -0.15) is 0 Å². The van der Waals surface area contributed by atoms with E-state index in [-0.39, 0.29) is 24.0 Å². The van der Waals surface area contributed by atoms with Gasteiger partial charge in [-0.25, -0.2) is 4.79 Å². The van der Waals surface area contributed by atoms with Crippen LogP contribution in [0.25, 0.3) is 0 Å². The third kappa shape index (κ3) is 3.87. The number of rotatable bonds is 3. The van der Waals surface area contributed by atoms with Gasteiger partial charge in [-0.1, -0.05) is 0 Å². The molecule has 0 aromatic heterocycles. The number of piperidine rings is 1. The van der Waals surface area contributed by atoms with Crippen molar-refractivity contribution in [1.29, 1.82) is 0 Å². The molecule has 0 aromatic rings. The van der Waals surface area contributed by atoms with Gasteiger partial charge in [0.15, 0.2) is 0 Å². The molecule has 5 nitrogen and oxygen atoms in total. The summed E-state index contributed by atoms with van der Waals surface area (Å²) in [5.74, 6) is -0.660. The van der Waals surface area contributed by atoms with Crippen LogP contribution in [0.2, 0.25) is 0 Å². The molecule has 1 saturated carbocycles. The summed E-state index contributed by atoms with van der Waals surface area (Å²) in [7, 11) is 0. The average Bonchev–Trinajstić information content (AvgIpc) is 3.07. The van der Waals surface area contributed by atoms with Crippen LogP contribution in [-0.2, 0) is 9.53 Å². The van der Waals surface area contributed by atoms with Crippen molar-refractivity contribution in [1.82, 2.24) is 4.90 Å². The minimum Gasteiger partial charge on any atom is -0.481 e. The van der Waals surface area contributed by atoms with Crippen LogP contribution in [0.1, 0.15) is 52.9 Å². The first kappa shape index (κ1) is 15.1. The maximum absolute atomic E-state index is 12.2. The Hall–Kier alpha value is -1.26. The average molecular weight is 283 g/mol. The molecular formula is C15H25NO4. The summed E-state index contributed by atoms with van der Waals surface area (Å²) >= 11 is 0. The van der Waals surface area contributed by atoms with E-state index in [0.29, 0.717) is 0 Å². The van der Waals surface area contributed by atoms with Gasteiger partial charge in [0, 0.05) is 12.6 Å². The highest BCUT2D eigenvalue weighted by molar-refractivity contribution is 5.73. The first-order valence-electron chi connectivity index (χ1n) is 7.50. The SMILES string of the molecule is CC(C)(C)OC(=O)N1CCCCC1CC1CC1C(=O)O. The maximum atomic E-state index is 12.2. The van der Waals surface area contributed by atoms with Gasteiger partial charge in [0.1, 0.15) is 5.60 Å². The van der Waals surface area contributed by atoms with Gasteiger partial charge in [0.25, 0.3) is 0 Å². The molecule has 0 aromatic carbocycles. The lowest BCUT2D eigenvalue weighted by Gasteiger charge is -2.37. The molecule has 1 amide bonds. The van der Waals surface area contributed by atoms with Crippen molar-refractivity contribution in [2.75, 3.05) is 6.54 Å². The van der Waals surface area contributed by atoms with Gasteiger partial charge in [-0.05, 0) is 58.8 Å². The molecule has 3 unspecified atom stereocenters. The number of carbonyl (C=O) groups is 2. The van der Waals surface area contributed by atoms with E-state index in [1.54, 1.807) is 0 Å². The fraction of sp³-hybridized carbons (Fsp3) is 0.867. The molecule has 1 heterocycles. The van der Waals surface area contributed by atoms with Gasteiger partial charge in [-0.3, -0.25) is 4.79 Å². The van der Waals surface area contributed by atoms with E-state index >= 15 is 0 Å². The molecule has 2 aliphatic rings. The Kier molecular flexibility index (Phi) is 4.25. The summed E-state index contributed by atoms with van der Waals surface area (Å²) in [6, 6.07) is 0.146. The Bertz CT molecular complexity index is 388. The quantitative estimate of drug-likeness (QED) is 0.864. The Morgan fingerprint density at radius 2 is 2.00 bits per heavy atom. The molecule has 20 heavy (non-hydrogen) atoms. The van der Waals surface area contributed by atoms with Crippen LogP contribution in [0, 0.1) is 11.8 Å². The second-order valence-corrected chi connectivity index (χ2v) is 7.00. The molecule has 3 atom stereocenters. The summed E-state index contributed by atoms with van der Waals surface area (Å²) in [6.07, 6.45) is 4.37. The molecule has 5 heteroatoms. The zero-order chi connectivity index (χ0) is 14.9. The Morgan fingerprint density at radius 1 is 1.30 bits per heavy atom. The molecule has 1 N–H and O–H groups in total. The van der Waals surface area contributed by atoms with Crippen LogP contribution in [0.4, 0.5) is 4.79 Å². The number of aliphatic carboxylic acids is 1. The van der Waals surface area contributed by atoms with Crippen molar-refractivity contribution in [3.63, 3.8) is 0 Å². The minimum atomic E-state index is -0.699. The van der Waals surface area contributed by atoms with Crippen LogP contribution in [0.15, 0.2) is 0 Å². The second-order valence-electron chi connectivity index (χ2n) is 7.00.